The number of hydrogen-bond donors (Lipinski definition) is 0. The van der Waals surface area contributed by atoms with Gasteiger partial charge in [-0.25, -0.2) is 4.68 Å². The first-order chi connectivity index (χ1) is 8.19. The predicted octanol–water partition coefficient (Wildman–Crippen LogP) is 2.73. The van der Waals surface area contributed by atoms with E-state index >= 15 is 0 Å². The van der Waals surface area contributed by atoms with Crippen molar-refractivity contribution in [2.24, 2.45) is 5.92 Å². The lowest BCUT2D eigenvalue weighted by Crippen LogP contribution is -2.07. The summed E-state index contributed by atoms with van der Waals surface area (Å²) in [4.78, 5) is 0. The third-order valence-corrected chi connectivity index (χ3v) is 2.85. The maximum Gasteiger partial charge on any atom is 0.0999 e. The highest BCUT2D eigenvalue weighted by atomic mass is 15.4. The maximum absolute atomic E-state index is 8.78. The smallest absolute Gasteiger partial charge is 0.0999 e. The van der Waals surface area contributed by atoms with Gasteiger partial charge in [0.05, 0.1) is 23.9 Å². The third-order valence-electron chi connectivity index (χ3n) is 2.85. The molecular formula is C13H22N4. The van der Waals surface area contributed by atoms with E-state index in [0.717, 1.165) is 43.6 Å². The van der Waals surface area contributed by atoms with Crippen molar-refractivity contribution in [2.45, 2.75) is 59.4 Å². The van der Waals surface area contributed by atoms with Gasteiger partial charge >= 0.3 is 0 Å². The zero-order chi connectivity index (χ0) is 12.7. The molecule has 0 aromatic carbocycles. The van der Waals surface area contributed by atoms with E-state index in [1.165, 1.54) is 0 Å². The normalized spacial score (nSPS) is 10.8. The first-order valence-corrected chi connectivity index (χ1v) is 6.47. The Kier molecular flexibility index (Phi) is 5.68. The molecule has 94 valence electrons. The topological polar surface area (TPSA) is 54.5 Å². The summed E-state index contributed by atoms with van der Waals surface area (Å²) in [5.74, 6) is 0.666. The van der Waals surface area contributed by atoms with Gasteiger partial charge in [0.25, 0.3) is 0 Å². The van der Waals surface area contributed by atoms with E-state index in [9.17, 15) is 0 Å². The van der Waals surface area contributed by atoms with Crippen LogP contribution < -0.4 is 0 Å². The van der Waals surface area contributed by atoms with Gasteiger partial charge in [0.1, 0.15) is 0 Å². The summed E-state index contributed by atoms with van der Waals surface area (Å²) in [6, 6.07) is 2.17. The molecule has 0 N–H and O–H groups in total. The summed E-state index contributed by atoms with van der Waals surface area (Å²) in [6.07, 6.45) is 4.74. The van der Waals surface area contributed by atoms with Gasteiger partial charge in [0, 0.05) is 6.54 Å². The lowest BCUT2D eigenvalue weighted by atomic mass is 10.0. The molecule has 0 radical (unpaired) electrons. The highest BCUT2D eigenvalue weighted by molar-refractivity contribution is 5.14. The van der Waals surface area contributed by atoms with Crippen LogP contribution in [-0.4, -0.2) is 15.0 Å². The number of rotatable bonds is 7. The van der Waals surface area contributed by atoms with Crippen LogP contribution in [0.1, 0.15) is 51.4 Å². The fraction of sp³-hybridized carbons (Fsp3) is 0.769. The molecule has 4 heteroatoms. The van der Waals surface area contributed by atoms with Gasteiger partial charge in [-0.1, -0.05) is 32.4 Å². The molecule has 0 fully saturated rings. The highest BCUT2D eigenvalue weighted by Gasteiger charge is 2.12. The summed E-state index contributed by atoms with van der Waals surface area (Å²) in [5, 5.41) is 17.1. The molecule has 0 saturated carbocycles. The molecule has 0 amide bonds. The molecule has 0 saturated heterocycles. The van der Waals surface area contributed by atoms with Gasteiger partial charge in [0.2, 0.25) is 0 Å². The molecule has 1 rings (SSSR count). The van der Waals surface area contributed by atoms with Crippen LogP contribution in [0.5, 0.6) is 0 Å². The molecule has 0 bridgehead atoms. The van der Waals surface area contributed by atoms with Crippen molar-refractivity contribution in [2.75, 3.05) is 0 Å². The Morgan fingerprint density at radius 3 is 2.76 bits per heavy atom. The average Bonchev–Trinajstić information content (AvgIpc) is 2.67. The molecule has 0 spiro atoms. The first-order valence-electron chi connectivity index (χ1n) is 6.47. The van der Waals surface area contributed by atoms with Crippen molar-refractivity contribution >= 4 is 0 Å². The fourth-order valence-corrected chi connectivity index (χ4v) is 1.77. The standard InChI is InChI=1S/C13H22N4/c1-4-5-10-17-13(7-6-11(2)3)12(8-9-14)15-16-17/h11H,4-8,10H2,1-3H3. The van der Waals surface area contributed by atoms with E-state index in [1.807, 2.05) is 4.68 Å². The molecular weight excluding hydrogens is 212 g/mol. The monoisotopic (exact) mass is 234 g/mol. The van der Waals surface area contributed by atoms with Crippen LogP contribution in [0.2, 0.25) is 0 Å². The second kappa shape index (κ2) is 7.05. The van der Waals surface area contributed by atoms with E-state index < -0.39 is 0 Å². The van der Waals surface area contributed by atoms with E-state index in [0.29, 0.717) is 12.3 Å². The van der Waals surface area contributed by atoms with Crippen LogP contribution in [0, 0.1) is 17.2 Å². The van der Waals surface area contributed by atoms with Gasteiger partial charge in [-0.3, -0.25) is 0 Å². The minimum absolute atomic E-state index is 0.375. The largest absolute Gasteiger partial charge is 0.249 e. The molecule has 0 aliphatic rings. The number of aromatic nitrogens is 3. The summed E-state index contributed by atoms with van der Waals surface area (Å²) >= 11 is 0. The van der Waals surface area contributed by atoms with E-state index in [-0.39, 0.29) is 0 Å². The Labute approximate surface area is 104 Å². The van der Waals surface area contributed by atoms with Gasteiger partial charge in [-0.15, -0.1) is 5.10 Å². The molecule has 1 heterocycles. The van der Waals surface area contributed by atoms with Gasteiger partial charge in [-0.2, -0.15) is 5.26 Å². The Morgan fingerprint density at radius 2 is 2.18 bits per heavy atom. The minimum Gasteiger partial charge on any atom is -0.249 e. The van der Waals surface area contributed by atoms with Crippen molar-refractivity contribution in [3.05, 3.63) is 11.4 Å². The zero-order valence-electron chi connectivity index (χ0n) is 11.1. The molecule has 17 heavy (non-hydrogen) atoms. The summed E-state index contributed by atoms with van der Waals surface area (Å²) in [5.41, 5.74) is 2.03. The fourth-order valence-electron chi connectivity index (χ4n) is 1.77. The van der Waals surface area contributed by atoms with Gasteiger partial charge in [0.15, 0.2) is 0 Å². The van der Waals surface area contributed by atoms with Gasteiger partial charge in [-0.05, 0) is 25.2 Å². The number of hydrogen-bond acceptors (Lipinski definition) is 3. The summed E-state index contributed by atoms with van der Waals surface area (Å²) in [7, 11) is 0. The molecule has 4 nitrogen and oxygen atoms in total. The Balaban J connectivity index is 2.78. The van der Waals surface area contributed by atoms with Crippen molar-refractivity contribution in [1.29, 1.82) is 5.26 Å². The van der Waals surface area contributed by atoms with Gasteiger partial charge < -0.3 is 0 Å². The van der Waals surface area contributed by atoms with Crippen LogP contribution in [0.15, 0.2) is 0 Å². The molecule has 0 aliphatic heterocycles. The molecule has 1 aromatic heterocycles. The van der Waals surface area contributed by atoms with Crippen molar-refractivity contribution in [3.8, 4) is 6.07 Å². The Hall–Kier alpha value is -1.37. The molecule has 0 aliphatic carbocycles. The second-order valence-corrected chi connectivity index (χ2v) is 4.83. The Morgan fingerprint density at radius 1 is 1.41 bits per heavy atom. The van der Waals surface area contributed by atoms with Crippen molar-refractivity contribution in [3.63, 3.8) is 0 Å². The lowest BCUT2D eigenvalue weighted by Gasteiger charge is -2.08. The van der Waals surface area contributed by atoms with Crippen LogP contribution in [0.25, 0.3) is 0 Å². The number of unbranched alkanes of at least 4 members (excludes halogenated alkanes) is 1. The minimum atomic E-state index is 0.375. The molecule has 1 aromatic rings. The van der Waals surface area contributed by atoms with Crippen molar-refractivity contribution in [1.82, 2.24) is 15.0 Å². The summed E-state index contributed by atoms with van der Waals surface area (Å²) < 4.78 is 1.98. The number of nitrogens with zero attached hydrogens (tertiary/aromatic N) is 4. The quantitative estimate of drug-likeness (QED) is 0.729. The lowest BCUT2D eigenvalue weighted by molar-refractivity contribution is 0.509. The Bertz CT molecular complexity index is 373. The first kappa shape index (κ1) is 13.7. The number of nitriles is 1. The SMILES string of the molecule is CCCCn1nnc(CC#N)c1CCC(C)C. The molecule has 0 atom stereocenters. The molecule has 0 unspecified atom stereocenters. The maximum atomic E-state index is 8.78. The zero-order valence-corrected chi connectivity index (χ0v) is 11.1. The van der Waals surface area contributed by atoms with Crippen molar-refractivity contribution < 1.29 is 0 Å². The van der Waals surface area contributed by atoms with E-state index in [1.54, 1.807) is 0 Å². The van der Waals surface area contributed by atoms with Crippen LogP contribution in [0.3, 0.4) is 0 Å². The van der Waals surface area contributed by atoms with Crippen LogP contribution in [0.4, 0.5) is 0 Å². The van der Waals surface area contributed by atoms with Crippen LogP contribution in [-0.2, 0) is 19.4 Å². The summed E-state index contributed by atoms with van der Waals surface area (Å²) in [6.45, 7) is 7.51. The van der Waals surface area contributed by atoms with E-state index in [2.05, 4.69) is 37.2 Å². The second-order valence-electron chi connectivity index (χ2n) is 4.83. The van der Waals surface area contributed by atoms with E-state index in [4.69, 9.17) is 5.26 Å². The van der Waals surface area contributed by atoms with Crippen LogP contribution >= 0.6 is 0 Å². The average molecular weight is 234 g/mol. The third kappa shape index (κ3) is 4.18. The predicted molar refractivity (Wildman–Crippen MR) is 67.4 cm³/mol. The highest BCUT2D eigenvalue weighted by Crippen LogP contribution is 2.13. The number of aryl methyl sites for hydroxylation is 1.